The molecule has 8 atom stereocenters. The lowest BCUT2D eigenvalue weighted by Gasteiger charge is -2.61. The van der Waals surface area contributed by atoms with E-state index >= 15 is 0 Å². The first-order chi connectivity index (χ1) is 18.8. The summed E-state index contributed by atoms with van der Waals surface area (Å²) in [5, 5.41) is 2.90. The van der Waals surface area contributed by atoms with Crippen molar-refractivity contribution in [1.82, 2.24) is 0 Å². The lowest BCUT2D eigenvalue weighted by atomic mass is 9.44. The first-order valence-electron chi connectivity index (χ1n) is 15.6. The first-order valence-corrected chi connectivity index (χ1v) is 15.6. The fourth-order valence-corrected chi connectivity index (χ4v) is 9.93. The average molecular weight is 532 g/mol. The molecule has 2 aromatic rings. The number of anilines is 1. The lowest BCUT2D eigenvalue weighted by molar-refractivity contribution is -0.127. The molecule has 0 aliphatic heterocycles. The van der Waals surface area contributed by atoms with Gasteiger partial charge >= 0.3 is 6.09 Å². The van der Waals surface area contributed by atoms with Crippen molar-refractivity contribution < 1.29 is 13.9 Å². The van der Waals surface area contributed by atoms with Crippen LogP contribution in [0.3, 0.4) is 0 Å². The number of hydrogen-bond donors (Lipinski definition) is 1. The van der Waals surface area contributed by atoms with Crippen molar-refractivity contribution in [2.45, 2.75) is 97.0 Å². The number of halogens is 1. The lowest BCUT2D eigenvalue weighted by Crippen LogP contribution is -2.54. The molecule has 4 aliphatic carbocycles. The summed E-state index contributed by atoms with van der Waals surface area (Å²) in [6, 6.07) is 16.7. The van der Waals surface area contributed by atoms with Crippen molar-refractivity contribution >= 4 is 11.8 Å². The van der Waals surface area contributed by atoms with Crippen molar-refractivity contribution in [3.8, 4) is 0 Å². The van der Waals surface area contributed by atoms with Crippen LogP contribution in [0.4, 0.5) is 14.9 Å². The highest BCUT2D eigenvalue weighted by atomic mass is 19.1. The molecule has 1 amide bonds. The van der Waals surface area contributed by atoms with Gasteiger partial charge < -0.3 is 4.74 Å². The number of benzene rings is 2. The number of ether oxygens (including phenoxy) is 1. The summed E-state index contributed by atoms with van der Waals surface area (Å²) in [4.78, 5) is 12.6. The summed E-state index contributed by atoms with van der Waals surface area (Å²) in [5.41, 5.74) is 2.94. The van der Waals surface area contributed by atoms with E-state index in [4.69, 9.17) is 4.74 Å². The fourth-order valence-electron chi connectivity index (χ4n) is 9.93. The maximum absolute atomic E-state index is 13.3. The zero-order valence-corrected chi connectivity index (χ0v) is 23.8. The predicted octanol–water partition coefficient (Wildman–Crippen LogP) is 9.42. The molecule has 3 nitrogen and oxygen atoms in total. The predicted molar refractivity (Wildman–Crippen MR) is 155 cm³/mol. The van der Waals surface area contributed by atoms with Crippen molar-refractivity contribution in [1.29, 1.82) is 0 Å². The van der Waals surface area contributed by atoms with Gasteiger partial charge in [0.15, 0.2) is 0 Å². The first kappa shape index (κ1) is 26.8. The normalized spacial score (nSPS) is 37.3. The Morgan fingerprint density at radius 3 is 2.44 bits per heavy atom. The van der Waals surface area contributed by atoms with E-state index in [-0.39, 0.29) is 18.0 Å². The number of aryl methyl sites for hydroxylation is 1. The van der Waals surface area contributed by atoms with Crippen LogP contribution >= 0.6 is 0 Å². The zero-order valence-electron chi connectivity index (χ0n) is 23.8. The summed E-state index contributed by atoms with van der Waals surface area (Å²) in [7, 11) is 0. The molecule has 0 radical (unpaired) electrons. The molecule has 8 unspecified atom stereocenters. The number of para-hydroxylation sites is 1. The molecule has 0 bridgehead atoms. The van der Waals surface area contributed by atoms with Gasteiger partial charge in [-0.05, 0) is 147 Å². The molecule has 6 rings (SSSR count). The molecule has 1 N–H and O–H groups in total. The molecule has 0 spiro atoms. The maximum atomic E-state index is 13.3. The van der Waals surface area contributed by atoms with Crippen LogP contribution in [0.5, 0.6) is 0 Å². The highest BCUT2D eigenvalue weighted by molar-refractivity contribution is 5.84. The molecule has 39 heavy (non-hydrogen) atoms. The largest absolute Gasteiger partial charge is 0.446 e. The maximum Gasteiger partial charge on any atom is 0.411 e. The Morgan fingerprint density at radius 2 is 1.64 bits per heavy atom. The standard InChI is InChI=1S/C35H46FNO2/c1-34-22-20-32-30(31(34)18-14-25(34)8-6-7-24-11-15-27(36)16-12-24)17-13-26-23-29(19-21-35(26,32)2)39-33(38)37-28-9-4-3-5-10-28/h3-5,9-12,15-16,25-26,29-32H,6-8,13-14,17-23H2,1-2H3,(H,37,38). The minimum Gasteiger partial charge on any atom is -0.446 e. The summed E-state index contributed by atoms with van der Waals surface area (Å²) >= 11 is 0. The van der Waals surface area contributed by atoms with Crippen LogP contribution in [0.2, 0.25) is 0 Å². The Morgan fingerprint density at radius 1 is 0.897 bits per heavy atom. The van der Waals surface area contributed by atoms with Gasteiger partial charge in [0, 0.05) is 5.69 Å². The van der Waals surface area contributed by atoms with Crippen LogP contribution in [0.25, 0.3) is 0 Å². The van der Waals surface area contributed by atoms with E-state index in [1.165, 1.54) is 63.4 Å². The SMILES string of the molecule is CC12CCC3C(CCC4CC(OC(=O)Nc5ccccc5)CCC43C)C1CCC2CCCc1ccc(F)cc1. The van der Waals surface area contributed by atoms with E-state index in [2.05, 4.69) is 19.2 Å². The van der Waals surface area contributed by atoms with Crippen LogP contribution < -0.4 is 5.32 Å². The van der Waals surface area contributed by atoms with E-state index in [1.54, 1.807) is 12.1 Å². The van der Waals surface area contributed by atoms with Crippen LogP contribution in [0, 0.1) is 46.2 Å². The van der Waals surface area contributed by atoms with Gasteiger partial charge in [-0.25, -0.2) is 9.18 Å². The van der Waals surface area contributed by atoms with Crippen LogP contribution in [0.1, 0.15) is 90.0 Å². The second-order valence-electron chi connectivity index (χ2n) is 13.8. The molecule has 0 aromatic heterocycles. The van der Waals surface area contributed by atoms with Crippen molar-refractivity contribution in [3.63, 3.8) is 0 Å². The number of fused-ring (bicyclic) bond motifs is 5. The quantitative estimate of drug-likeness (QED) is 0.403. The van der Waals surface area contributed by atoms with Gasteiger partial charge in [-0.1, -0.05) is 44.2 Å². The number of nitrogens with one attached hydrogen (secondary N) is 1. The number of carbonyl (C=O) groups is 1. The van der Waals surface area contributed by atoms with E-state index in [0.717, 1.165) is 48.6 Å². The molecule has 4 heteroatoms. The van der Waals surface area contributed by atoms with Crippen LogP contribution in [-0.4, -0.2) is 12.2 Å². The summed E-state index contributed by atoms with van der Waals surface area (Å²) < 4.78 is 19.2. The van der Waals surface area contributed by atoms with Gasteiger partial charge in [0.1, 0.15) is 11.9 Å². The fraction of sp³-hybridized carbons (Fsp3) is 0.629. The van der Waals surface area contributed by atoms with Crippen LogP contribution in [-0.2, 0) is 11.2 Å². The third-order valence-electron chi connectivity index (χ3n) is 12.0. The molecule has 4 saturated carbocycles. The Labute approximate surface area is 234 Å². The molecule has 4 fully saturated rings. The average Bonchev–Trinajstić information content (AvgIpc) is 3.27. The monoisotopic (exact) mass is 531 g/mol. The zero-order chi connectivity index (χ0) is 27.0. The van der Waals surface area contributed by atoms with Gasteiger partial charge in [-0.15, -0.1) is 0 Å². The topological polar surface area (TPSA) is 38.3 Å². The van der Waals surface area contributed by atoms with Gasteiger partial charge in [0.25, 0.3) is 0 Å². The van der Waals surface area contributed by atoms with Crippen molar-refractivity contribution in [3.05, 3.63) is 66.0 Å². The Balaban J connectivity index is 1.04. The summed E-state index contributed by atoms with van der Waals surface area (Å²) in [5.74, 6) is 3.92. The van der Waals surface area contributed by atoms with E-state index < -0.39 is 0 Å². The van der Waals surface area contributed by atoms with Crippen LogP contribution in [0.15, 0.2) is 54.6 Å². The Kier molecular flexibility index (Phi) is 7.50. The number of hydrogen-bond acceptors (Lipinski definition) is 2. The molecule has 0 heterocycles. The molecule has 4 aliphatic rings. The number of amides is 1. The minimum absolute atomic E-state index is 0.0363. The third-order valence-corrected chi connectivity index (χ3v) is 12.0. The molecular formula is C35H46FNO2. The third kappa shape index (κ3) is 5.25. The van der Waals surface area contributed by atoms with Gasteiger partial charge in [-0.3, -0.25) is 5.32 Å². The number of carbonyl (C=O) groups excluding carboxylic acids is 1. The second kappa shape index (κ2) is 10.9. The molecule has 210 valence electrons. The smallest absolute Gasteiger partial charge is 0.411 e. The summed E-state index contributed by atoms with van der Waals surface area (Å²) in [6.07, 6.45) is 14.7. The second-order valence-corrected chi connectivity index (χ2v) is 13.8. The highest BCUT2D eigenvalue weighted by Crippen LogP contribution is 2.68. The van der Waals surface area contributed by atoms with Gasteiger partial charge in [-0.2, -0.15) is 0 Å². The van der Waals surface area contributed by atoms with Gasteiger partial charge in [0.05, 0.1) is 0 Å². The van der Waals surface area contributed by atoms with Gasteiger partial charge in [0.2, 0.25) is 0 Å². The highest BCUT2D eigenvalue weighted by Gasteiger charge is 2.60. The van der Waals surface area contributed by atoms with Crippen molar-refractivity contribution in [2.24, 2.45) is 40.4 Å². The Hall–Kier alpha value is -2.36. The van der Waals surface area contributed by atoms with E-state index in [1.807, 2.05) is 42.5 Å². The molecule has 0 saturated heterocycles. The molecular weight excluding hydrogens is 485 g/mol. The summed E-state index contributed by atoms with van der Waals surface area (Å²) in [6.45, 7) is 5.22. The molecule has 2 aromatic carbocycles. The van der Waals surface area contributed by atoms with E-state index in [0.29, 0.717) is 16.7 Å². The van der Waals surface area contributed by atoms with E-state index in [9.17, 15) is 9.18 Å². The number of rotatable bonds is 6. The minimum atomic E-state index is -0.312. The Bertz CT molecular complexity index is 1140. The van der Waals surface area contributed by atoms with Crippen molar-refractivity contribution in [2.75, 3.05) is 5.32 Å².